The van der Waals surface area contributed by atoms with Crippen LogP contribution in [0.5, 0.6) is 0 Å². The summed E-state index contributed by atoms with van der Waals surface area (Å²) in [7, 11) is 1.80. The molecular weight excluding hydrogens is 332 g/mol. The van der Waals surface area contributed by atoms with Gasteiger partial charge in [-0.05, 0) is 31.7 Å². The van der Waals surface area contributed by atoms with Crippen LogP contribution in [0, 0.1) is 12.8 Å². The van der Waals surface area contributed by atoms with Gasteiger partial charge in [-0.25, -0.2) is 9.48 Å². The SMILES string of the molecule is Cc1cc(C(=O)N2[C@@H]3CC[C@H]2Cc2nn(CC(C)C)c(=O)n2C3)n(C)n1. The van der Waals surface area contributed by atoms with E-state index in [0.29, 0.717) is 31.1 Å². The lowest BCUT2D eigenvalue weighted by Crippen LogP contribution is -2.43. The summed E-state index contributed by atoms with van der Waals surface area (Å²) < 4.78 is 5.01. The number of aromatic nitrogens is 5. The van der Waals surface area contributed by atoms with Gasteiger partial charge in [0.25, 0.3) is 5.91 Å². The molecule has 26 heavy (non-hydrogen) atoms. The van der Waals surface area contributed by atoms with Crippen LogP contribution in [-0.4, -0.2) is 47.0 Å². The van der Waals surface area contributed by atoms with Crippen molar-refractivity contribution in [2.45, 2.75) is 65.2 Å². The molecule has 0 spiro atoms. The van der Waals surface area contributed by atoms with Crippen LogP contribution in [0.3, 0.4) is 0 Å². The Morgan fingerprint density at radius 1 is 1.27 bits per heavy atom. The molecule has 2 aliphatic rings. The van der Waals surface area contributed by atoms with Crippen molar-refractivity contribution in [2.75, 3.05) is 0 Å². The molecule has 0 unspecified atom stereocenters. The highest BCUT2D eigenvalue weighted by molar-refractivity contribution is 5.93. The Morgan fingerprint density at radius 3 is 2.65 bits per heavy atom. The first-order valence-corrected chi connectivity index (χ1v) is 9.35. The second-order valence-electron chi connectivity index (χ2n) is 7.98. The van der Waals surface area contributed by atoms with E-state index in [-0.39, 0.29) is 23.7 Å². The van der Waals surface area contributed by atoms with E-state index in [1.165, 1.54) is 0 Å². The molecule has 0 saturated carbocycles. The van der Waals surface area contributed by atoms with Gasteiger partial charge < -0.3 is 4.90 Å². The molecule has 8 nitrogen and oxygen atoms in total. The Labute approximate surface area is 152 Å². The van der Waals surface area contributed by atoms with Crippen LogP contribution < -0.4 is 5.69 Å². The van der Waals surface area contributed by atoms with E-state index in [1.54, 1.807) is 21.0 Å². The molecule has 2 aromatic rings. The Kier molecular flexibility index (Phi) is 4.00. The lowest BCUT2D eigenvalue weighted by Gasteiger charge is -2.27. The molecule has 140 valence electrons. The summed E-state index contributed by atoms with van der Waals surface area (Å²) in [6.07, 6.45) is 2.52. The summed E-state index contributed by atoms with van der Waals surface area (Å²) in [5, 5.41) is 8.87. The average Bonchev–Trinajstić information content (AvgIpc) is 3.14. The molecule has 0 aromatic carbocycles. The lowest BCUT2D eigenvalue weighted by atomic mass is 10.1. The van der Waals surface area contributed by atoms with E-state index in [9.17, 15) is 9.59 Å². The highest BCUT2D eigenvalue weighted by Gasteiger charge is 2.42. The van der Waals surface area contributed by atoms with Gasteiger partial charge in [-0.2, -0.15) is 10.2 Å². The van der Waals surface area contributed by atoms with E-state index in [0.717, 1.165) is 24.4 Å². The molecule has 1 fully saturated rings. The van der Waals surface area contributed by atoms with Crippen LogP contribution in [0.15, 0.2) is 10.9 Å². The first-order valence-electron chi connectivity index (χ1n) is 9.35. The fraction of sp³-hybridized carbons (Fsp3) is 0.667. The average molecular weight is 358 g/mol. The maximum Gasteiger partial charge on any atom is 0.345 e. The third-order valence-corrected chi connectivity index (χ3v) is 5.42. The number of hydrogen-bond acceptors (Lipinski definition) is 4. The standard InChI is InChI=1S/C18H26N6O2/c1-11(2)9-23-18(26)22-10-14-6-5-13(8-16(22)20-23)24(14)17(25)15-7-12(3)19-21(15)4/h7,11,13-14H,5-6,8-10H2,1-4H3/t13-,14+/m0/s1. The highest BCUT2D eigenvalue weighted by Crippen LogP contribution is 2.31. The van der Waals surface area contributed by atoms with E-state index in [1.807, 2.05) is 17.9 Å². The molecular formula is C18H26N6O2. The zero-order chi connectivity index (χ0) is 18.6. The second kappa shape index (κ2) is 6.10. The van der Waals surface area contributed by atoms with E-state index in [4.69, 9.17) is 0 Å². The molecule has 2 aromatic heterocycles. The number of hydrogen-bond donors (Lipinski definition) is 0. The van der Waals surface area contributed by atoms with Crippen LogP contribution >= 0.6 is 0 Å². The summed E-state index contributed by atoms with van der Waals surface area (Å²) in [6.45, 7) is 7.21. The quantitative estimate of drug-likeness (QED) is 0.819. The summed E-state index contributed by atoms with van der Waals surface area (Å²) in [5.74, 6) is 1.19. The van der Waals surface area contributed by atoms with Crippen LogP contribution in [0.1, 0.15) is 48.7 Å². The van der Waals surface area contributed by atoms with Crippen LogP contribution in [-0.2, 0) is 26.6 Å². The molecule has 4 rings (SSSR count). The van der Waals surface area contributed by atoms with E-state index in [2.05, 4.69) is 24.0 Å². The third kappa shape index (κ3) is 2.68. The zero-order valence-corrected chi connectivity index (χ0v) is 15.8. The Bertz CT molecular complexity index is 905. The number of rotatable bonds is 3. The minimum atomic E-state index is -0.0509. The van der Waals surface area contributed by atoms with Gasteiger partial charge in [0.05, 0.1) is 11.7 Å². The molecule has 0 aliphatic carbocycles. The van der Waals surface area contributed by atoms with Crippen molar-refractivity contribution in [1.82, 2.24) is 29.0 Å². The fourth-order valence-electron chi connectivity index (χ4n) is 4.32. The fourth-order valence-corrected chi connectivity index (χ4v) is 4.32. The largest absolute Gasteiger partial charge is 0.345 e. The maximum atomic E-state index is 13.2. The van der Waals surface area contributed by atoms with Gasteiger partial charge in [0.2, 0.25) is 0 Å². The summed E-state index contributed by atoms with van der Waals surface area (Å²) in [6, 6.07) is 1.97. The van der Waals surface area contributed by atoms with Crippen LogP contribution in [0.25, 0.3) is 0 Å². The number of nitrogens with zero attached hydrogens (tertiary/aromatic N) is 6. The van der Waals surface area contributed by atoms with Crippen molar-refractivity contribution >= 4 is 5.91 Å². The van der Waals surface area contributed by atoms with Crippen molar-refractivity contribution < 1.29 is 4.79 Å². The summed E-state index contributed by atoms with van der Waals surface area (Å²) in [5.41, 5.74) is 1.39. The Hall–Kier alpha value is -2.38. The minimum Gasteiger partial charge on any atom is -0.329 e. The van der Waals surface area contributed by atoms with Crippen molar-refractivity contribution in [1.29, 1.82) is 0 Å². The molecule has 0 radical (unpaired) electrons. The predicted molar refractivity (Wildman–Crippen MR) is 96.0 cm³/mol. The van der Waals surface area contributed by atoms with Gasteiger partial charge >= 0.3 is 5.69 Å². The molecule has 2 bridgehead atoms. The van der Waals surface area contributed by atoms with Gasteiger partial charge in [-0.1, -0.05) is 13.8 Å². The third-order valence-electron chi connectivity index (χ3n) is 5.42. The van der Waals surface area contributed by atoms with Crippen molar-refractivity contribution in [3.8, 4) is 0 Å². The smallest absolute Gasteiger partial charge is 0.329 e. The minimum absolute atomic E-state index is 0.00820. The molecule has 0 N–H and O–H groups in total. The monoisotopic (exact) mass is 358 g/mol. The molecule has 1 saturated heterocycles. The molecule has 1 amide bonds. The van der Waals surface area contributed by atoms with Gasteiger partial charge in [0.15, 0.2) is 0 Å². The molecule has 8 heteroatoms. The van der Waals surface area contributed by atoms with Gasteiger partial charge in [-0.15, -0.1) is 0 Å². The number of amides is 1. The number of aryl methyl sites for hydroxylation is 2. The van der Waals surface area contributed by atoms with Crippen LogP contribution in [0.4, 0.5) is 0 Å². The number of fused-ring (bicyclic) bond motifs is 3. The van der Waals surface area contributed by atoms with Gasteiger partial charge in [0, 0.05) is 32.6 Å². The summed E-state index contributed by atoms with van der Waals surface area (Å²) >= 11 is 0. The van der Waals surface area contributed by atoms with Crippen molar-refractivity contribution in [3.05, 3.63) is 33.8 Å². The van der Waals surface area contributed by atoms with Crippen molar-refractivity contribution in [3.63, 3.8) is 0 Å². The van der Waals surface area contributed by atoms with E-state index < -0.39 is 0 Å². The van der Waals surface area contributed by atoms with Crippen molar-refractivity contribution in [2.24, 2.45) is 13.0 Å². The Morgan fingerprint density at radius 2 is 2.00 bits per heavy atom. The zero-order valence-electron chi connectivity index (χ0n) is 15.8. The first-order chi connectivity index (χ1) is 12.3. The number of carbonyl (C=O) groups is 1. The summed E-state index contributed by atoms with van der Waals surface area (Å²) in [4.78, 5) is 27.9. The maximum absolute atomic E-state index is 13.2. The lowest BCUT2D eigenvalue weighted by molar-refractivity contribution is 0.0653. The van der Waals surface area contributed by atoms with Gasteiger partial charge in [-0.3, -0.25) is 14.0 Å². The van der Waals surface area contributed by atoms with E-state index >= 15 is 0 Å². The molecule has 4 heterocycles. The first kappa shape index (κ1) is 17.1. The molecule has 2 atom stereocenters. The second-order valence-corrected chi connectivity index (χ2v) is 7.98. The highest BCUT2D eigenvalue weighted by atomic mass is 16.2. The number of carbonyl (C=O) groups excluding carboxylic acids is 1. The predicted octanol–water partition coefficient (Wildman–Crippen LogP) is 0.972. The topological polar surface area (TPSA) is 78.0 Å². The van der Waals surface area contributed by atoms with Gasteiger partial charge in [0.1, 0.15) is 11.5 Å². The normalized spacial score (nSPS) is 22.0. The molecule has 2 aliphatic heterocycles. The Balaban J connectivity index is 1.65. The van der Waals surface area contributed by atoms with Crippen LogP contribution in [0.2, 0.25) is 0 Å².